The third kappa shape index (κ3) is 199. The maximum Gasteiger partial charge on any atom is 0.503 e. The number of carbonyl (C=O) groups is 2. The molecule has 0 unspecified atom stereocenters. The van der Waals surface area contributed by atoms with E-state index in [4.69, 9.17) is 30.0 Å². The second-order valence-corrected chi connectivity index (χ2v) is 1.07. The third-order valence-electron chi connectivity index (χ3n) is 0. The molecule has 0 heterocycles. The Balaban J connectivity index is -0.0000000389. The van der Waals surface area contributed by atoms with Crippen LogP contribution in [0, 0.1) is 0 Å². The molecule has 0 aliphatic carbocycles. The zero-order chi connectivity index (χ0) is 9.86. The molecule has 0 aromatic rings. The van der Waals surface area contributed by atoms with Crippen molar-refractivity contribution in [3.05, 3.63) is 0 Å². The number of nitrogens with one attached hydrogen (secondary N) is 1. The van der Waals surface area contributed by atoms with Gasteiger partial charge in [-0.15, -0.1) is 0 Å². The minimum atomic E-state index is -1.83. The summed E-state index contributed by atoms with van der Waals surface area (Å²) in [6, 6.07) is 0. The first kappa shape index (κ1) is 22.4. The largest absolute Gasteiger partial charge is 0.503 e. The summed E-state index contributed by atoms with van der Waals surface area (Å²) in [4.78, 5) is 17.1. The highest BCUT2D eigenvalue weighted by Crippen LogP contribution is 1.43. The van der Waals surface area contributed by atoms with E-state index in [1.165, 1.54) is 0 Å². The molecule has 0 aromatic heterocycles. The highest BCUT2D eigenvalue weighted by atomic mass is 16.6. The molecule has 12 heavy (non-hydrogen) atoms. The van der Waals surface area contributed by atoms with E-state index in [1.54, 1.807) is 0 Å². The SMILES string of the molecule is CNC.N.O=C(O)O.O=C(O)O. The zero-order valence-electron chi connectivity index (χ0n) is 6.81. The first-order valence-corrected chi connectivity index (χ1v) is 2.30. The molecule has 0 bridgehead atoms. The lowest BCUT2D eigenvalue weighted by Crippen LogP contribution is -1.89. The first-order chi connectivity index (χ1) is 4.88. The molecule has 0 spiro atoms. The summed E-state index contributed by atoms with van der Waals surface area (Å²) in [5.74, 6) is 0. The minimum Gasteiger partial charge on any atom is -0.450 e. The average Bonchev–Trinajstić information content (AvgIpc) is 1.60. The summed E-state index contributed by atoms with van der Waals surface area (Å²) in [7, 11) is 3.75. The smallest absolute Gasteiger partial charge is 0.450 e. The highest BCUT2D eigenvalue weighted by Gasteiger charge is 1.70. The van der Waals surface area contributed by atoms with Crippen molar-refractivity contribution in [2.45, 2.75) is 0 Å². The molecule has 0 fully saturated rings. The monoisotopic (exact) mass is 186 g/mol. The topological polar surface area (TPSA) is 162 Å². The van der Waals surface area contributed by atoms with Crippen LogP contribution in [-0.2, 0) is 0 Å². The van der Waals surface area contributed by atoms with Crippen LogP contribution in [0.1, 0.15) is 0 Å². The molecule has 0 rings (SSSR count). The van der Waals surface area contributed by atoms with E-state index < -0.39 is 12.3 Å². The van der Waals surface area contributed by atoms with Crippen molar-refractivity contribution in [3.63, 3.8) is 0 Å². The molecule has 0 radical (unpaired) electrons. The molecule has 0 aliphatic rings. The van der Waals surface area contributed by atoms with Gasteiger partial charge in [0.1, 0.15) is 0 Å². The van der Waals surface area contributed by atoms with Crippen LogP contribution in [0.4, 0.5) is 9.59 Å². The molecule has 0 aromatic carbocycles. The molecule has 8 heteroatoms. The quantitative estimate of drug-likeness (QED) is 0.317. The fraction of sp³-hybridized carbons (Fsp3) is 0.500. The van der Waals surface area contributed by atoms with Crippen molar-refractivity contribution in [1.29, 1.82) is 0 Å². The summed E-state index contributed by atoms with van der Waals surface area (Å²) in [6.07, 6.45) is -3.67. The summed E-state index contributed by atoms with van der Waals surface area (Å²) in [6.45, 7) is 0. The predicted molar refractivity (Wildman–Crippen MR) is 41.3 cm³/mol. The molecule has 8 nitrogen and oxygen atoms in total. The lowest BCUT2D eigenvalue weighted by Gasteiger charge is -1.60. The van der Waals surface area contributed by atoms with Crippen LogP contribution in [0.2, 0.25) is 0 Å². The summed E-state index contributed by atoms with van der Waals surface area (Å²) < 4.78 is 0. The van der Waals surface area contributed by atoms with Gasteiger partial charge in [0.05, 0.1) is 0 Å². The minimum absolute atomic E-state index is 0. The van der Waals surface area contributed by atoms with Crippen molar-refractivity contribution in [2.75, 3.05) is 14.1 Å². The van der Waals surface area contributed by atoms with Gasteiger partial charge in [-0.05, 0) is 14.1 Å². The second kappa shape index (κ2) is 22.7. The molecular formula is C4H14N2O6. The molecule has 0 atom stereocenters. The van der Waals surface area contributed by atoms with Gasteiger partial charge in [-0.3, -0.25) is 0 Å². The Morgan fingerprint density at radius 2 is 0.917 bits per heavy atom. The standard InChI is InChI=1S/C2H7N.2CH2O3.H3N/c1-3-2;2*2-1(3)4;/h3H,1-2H3;2*(H2,2,3,4);1H3. The molecule has 0 amide bonds. The summed E-state index contributed by atoms with van der Waals surface area (Å²) >= 11 is 0. The Labute approximate surface area is 69.0 Å². The lowest BCUT2D eigenvalue weighted by atomic mass is 11.3. The van der Waals surface area contributed by atoms with Crippen molar-refractivity contribution < 1.29 is 30.0 Å². The van der Waals surface area contributed by atoms with Crippen molar-refractivity contribution in [3.8, 4) is 0 Å². The van der Waals surface area contributed by atoms with Crippen molar-refractivity contribution in [2.24, 2.45) is 0 Å². The number of rotatable bonds is 0. The Hall–Kier alpha value is -1.54. The first-order valence-electron chi connectivity index (χ1n) is 2.30. The van der Waals surface area contributed by atoms with Gasteiger partial charge in [0.15, 0.2) is 0 Å². The maximum atomic E-state index is 8.56. The maximum absolute atomic E-state index is 8.56. The Kier molecular flexibility index (Phi) is 42.5. The fourth-order valence-corrected chi connectivity index (χ4v) is 0. The Morgan fingerprint density at radius 3 is 0.917 bits per heavy atom. The van der Waals surface area contributed by atoms with Gasteiger partial charge in [0.25, 0.3) is 0 Å². The molecule has 8 N–H and O–H groups in total. The molecule has 0 saturated carbocycles. The van der Waals surface area contributed by atoms with Gasteiger partial charge >= 0.3 is 12.3 Å². The third-order valence-corrected chi connectivity index (χ3v) is 0. The van der Waals surface area contributed by atoms with E-state index in [1.807, 2.05) is 14.1 Å². The van der Waals surface area contributed by atoms with Crippen LogP contribution in [0.5, 0.6) is 0 Å². The van der Waals surface area contributed by atoms with Gasteiger partial charge in [-0.2, -0.15) is 0 Å². The highest BCUT2D eigenvalue weighted by molar-refractivity contribution is 5.53. The molecular weight excluding hydrogens is 172 g/mol. The van der Waals surface area contributed by atoms with Gasteiger partial charge in [-0.25, -0.2) is 9.59 Å². The van der Waals surface area contributed by atoms with Crippen molar-refractivity contribution in [1.82, 2.24) is 11.5 Å². The van der Waals surface area contributed by atoms with Crippen LogP contribution < -0.4 is 11.5 Å². The van der Waals surface area contributed by atoms with E-state index in [2.05, 4.69) is 5.32 Å². The van der Waals surface area contributed by atoms with E-state index in [9.17, 15) is 0 Å². The van der Waals surface area contributed by atoms with Gasteiger partial charge in [-0.1, -0.05) is 0 Å². The number of hydrogen-bond donors (Lipinski definition) is 6. The lowest BCUT2D eigenvalue weighted by molar-refractivity contribution is 0.135. The molecule has 0 saturated heterocycles. The average molecular weight is 186 g/mol. The summed E-state index contributed by atoms with van der Waals surface area (Å²) in [5.41, 5.74) is 0. The summed E-state index contributed by atoms with van der Waals surface area (Å²) in [5, 5.41) is 30.6. The van der Waals surface area contributed by atoms with E-state index in [-0.39, 0.29) is 6.15 Å². The van der Waals surface area contributed by atoms with E-state index in [0.29, 0.717) is 0 Å². The van der Waals surface area contributed by atoms with Gasteiger partial charge < -0.3 is 31.9 Å². The van der Waals surface area contributed by atoms with Crippen molar-refractivity contribution >= 4 is 12.3 Å². The Bertz CT molecular complexity index is 85.7. The van der Waals surface area contributed by atoms with Gasteiger partial charge in [0, 0.05) is 0 Å². The van der Waals surface area contributed by atoms with E-state index >= 15 is 0 Å². The molecule has 0 aliphatic heterocycles. The van der Waals surface area contributed by atoms with Crippen LogP contribution in [-0.4, -0.2) is 46.8 Å². The van der Waals surface area contributed by atoms with Crippen LogP contribution in [0.15, 0.2) is 0 Å². The molecule has 76 valence electrons. The number of carboxylic acid groups (broad SMARTS) is 4. The fourth-order valence-electron chi connectivity index (χ4n) is 0. The zero-order valence-corrected chi connectivity index (χ0v) is 6.81. The van der Waals surface area contributed by atoms with E-state index in [0.717, 1.165) is 0 Å². The second-order valence-electron chi connectivity index (χ2n) is 1.07. The predicted octanol–water partition coefficient (Wildman–Crippen LogP) is 0.442. The van der Waals surface area contributed by atoms with Gasteiger partial charge in [0.2, 0.25) is 0 Å². The van der Waals surface area contributed by atoms with Crippen LogP contribution in [0.3, 0.4) is 0 Å². The van der Waals surface area contributed by atoms with Crippen LogP contribution in [0.25, 0.3) is 0 Å². The van der Waals surface area contributed by atoms with Crippen LogP contribution >= 0.6 is 0 Å². The number of hydrogen-bond acceptors (Lipinski definition) is 4. The normalized spacial score (nSPS) is 5.50. The Morgan fingerprint density at radius 1 is 0.917 bits per heavy atom.